The highest BCUT2D eigenvalue weighted by molar-refractivity contribution is 7.99. The summed E-state index contributed by atoms with van der Waals surface area (Å²) in [6.07, 6.45) is 2.86. The summed E-state index contributed by atoms with van der Waals surface area (Å²) in [4.78, 5) is 18.4. The molecule has 4 nitrogen and oxygen atoms in total. The molecule has 0 aliphatic rings. The van der Waals surface area contributed by atoms with Gasteiger partial charge in [-0.3, -0.25) is 4.98 Å². The van der Waals surface area contributed by atoms with Crippen LogP contribution in [0.4, 0.5) is 10.5 Å². The number of benzene rings is 2. The van der Waals surface area contributed by atoms with Crippen LogP contribution in [-0.2, 0) is 0 Å². The van der Waals surface area contributed by atoms with Gasteiger partial charge in [-0.1, -0.05) is 50.2 Å². The van der Waals surface area contributed by atoms with Crippen LogP contribution in [0.2, 0.25) is 0 Å². The maximum Gasteiger partial charge on any atom is 0.320 e. The molecule has 0 aliphatic carbocycles. The number of aromatic nitrogens is 1. The number of hydrogen-bond acceptors (Lipinski definition) is 3. The SMILES string of the molecule is CCC(C)Sc1ccc(NC(=O)NC(c2ccccc2)c2ccccn2)c(C)c1. The molecule has 0 saturated heterocycles. The molecule has 0 bridgehead atoms. The van der Waals surface area contributed by atoms with Crippen LogP contribution in [-0.4, -0.2) is 16.3 Å². The molecule has 5 heteroatoms. The van der Waals surface area contributed by atoms with Crippen molar-refractivity contribution in [3.05, 3.63) is 89.7 Å². The van der Waals surface area contributed by atoms with E-state index in [1.165, 1.54) is 4.90 Å². The summed E-state index contributed by atoms with van der Waals surface area (Å²) in [6.45, 7) is 6.43. The van der Waals surface area contributed by atoms with Crippen molar-refractivity contribution in [3.63, 3.8) is 0 Å². The normalized spacial score (nSPS) is 12.8. The summed E-state index contributed by atoms with van der Waals surface area (Å²) in [6, 6.07) is 21.2. The lowest BCUT2D eigenvalue weighted by Gasteiger charge is -2.20. The number of urea groups is 1. The molecular weight excluding hydrogens is 378 g/mol. The molecule has 150 valence electrons. The highest BCUT2D eigenvalue weighted by Crippen LogP contribution is 2.28. The number of anilines is 1. The fraction of sp³-hybridized carbons (Fsp3) is 0.250. The van der Waals surface area contributed by atoms with Crippen molar-refractivity contribution in [2.24, 2.45) is 0 Å². The number of nitrogens with zero attached hydrogens (tertiary/aromatic N) is 1. The number of rotatable bonds is 7. The van der Waals surface area contributed by atoms with Gasteiger partial charge in [0.05, 0.1) is 11.7 Å². The number of nitrogens with one attached hydrogen (secondary N) is 2. The van der Waals surface area contributed by atoms with Gasteiger partial charge in [-0.25, -0.2) is 4.79 Å². The first-order chi connectivity index (χ1) is 14.1. The Hall–Kier alpha value is -2.79. The van der Waals surface area contributed by atoms with Crippen LogP contribution in [0.25, 0.3) is 0 Å². The molecule has 2 N–H and O–H groups in total. The van der Waals surface area contributed by atoms with E-state index in [4.69, 9.17) is 0 Å². The fourth-order valence-corrected chi connectivity index (χ4v) is 4.00. The van der Waals surface area contributed by atoms with Gasteiger partial charge in [0.25, 0.3) is 0 Å². The second-order valence-electron chi connectivity index (χ2n) is 7.01. The van der Waals surface area contributed by atoms with E-state index in [-0.39, 0.29) is 12.1 Å². The highest BCUT2D eigenvalue weighted by atomic mass is 32.2. The van der Waals surface area contributed by atoms with Crippen molar-refractivity contribution in [1.82, 2.24) is 10.3 Å². The molecular formula is C24H27N3OS. The van der Waals surface area contributed by atoms with Crippen LogP contribution in [0.15, 0.2) is 77.8 Å². The predicted molar refractivity (Wildman–Crippen MR) is 121 cm³/mol. The van der Waals surface area contributed by atoms with Crippen molar-refractivity contribution in [2.75, 3.05) is 5.32 Å². The minimum absolute atomic E-state index is 0.255. The fourth-order valence-electron chi connectivity index (χ4n) is 2.98. The Kier molecular flexibility index (Phi) is 7.30. The van der Waals surface area contributed by atoms with E-state index in [0.29, 0.717) is 5.25 Å². The van der Waals surface area contributed by atoms with Gasteiger partial charge in [0.2, 0.25) is 0 Å². The zero-order valence-corrected chi connectivity index (χ0v) is 17.9. The Morgan fingerprint density at radius 2 is 1.83 bits per heavy atom. The number of hydrogen-bond donors (Lipinski definition) is 2. The minimum Gasteiger partial charge on any atom is -0.325 e. The van der Waals surface area contributed by atoms with Crippen molar-refractivity contribution >= 4 is 23.5 Å². The summed E-state index contributed by atoms with van der Waals surface area (Å²) in [5.74, 6) is 0. The van der Waals surface area contributed by atoms with Crippen molar-refractivity contribution < 1.29 is 4.79 Å². The first kappa shape index (κ1) is 20.9. The molecule has 3 aromatic rings. The van der Waals surface area contributed by atoms with Crippen molar-refractivity contribution in [3.8, 4) is 0 Å². The maximum atomic E-state index is 12.8. The van der Waals surface area contributed by atoms with Crippen LogP contribution in [0.5, 0.6) is 0 Å². The quantitative estimate of drug-likeness (QED) is 0.461. The smallest absolute Gasteiger partial charge is 0.320 e. The minimum atomic E-state index is -0.321. The van der Waals surface area contributed by atoms with Gasteiger partial charge in [0.15, 0.2) is 0 Å². The lowest BCUT2D eigenvalue weighted by Crippen LogP contribution is -2.33. The monoisotopic (exact) mass is 405 g/mol. The Labute approximate surface area is 177 Å². The molecule has 2 atom stereocenters. The van der Waals surface area contributed by atoms with Crippen LogP contribution in [0, 0.1) is 6.92 Å². The number of pyridine rings is 1. The summed E-state index contributed by atoms with van der Waals surface area (Å²) in [5, 5.41) is 6.62. The van der Waals surface area contributed by atoms with Gasteiger partial charge in [0, 0.05) is 22.0 Å². The molecule has 0 fully saturated rings. The number of carbonyl (C=O) groups excluding carboxylic acids is 1. The molecule has 1 aromatic heterocycles. The number of carbonyl (C=O) groups is 1. The van der Waals surface area contributed by atoms with Gasteiger partial charge in [0.1, 0.15) is 0 Å². The summed E-state index contributed by atoms with van der Waals surface area (Å²) >= 11 is 1.85. The van der Waals surface area contributed by atoms with Crippen molar-refractivity contribution in [2.45, 2.75) is 43.4 Å². The molecule has 29 heavy (non-hydrogen) atoms. The number of thioether (sulfide) groups is 1. The van der Waals surface area contributed by atoms with Crippen molar-refractivity contribution in [1.29, 1.82) is 0 Å². The Balaban J connectivity index is 1.74. The topological polar surface area (TPSA) is 54.0 Å². The maximum absolute atomic E-state index is 12.8. The predicted octanol–water partition coefficient (Wildman–Crippen LogP) is 6.19. The van der Waals surface area contributed by atoms with Crippen LogP contribution in [0.1, 0.15) is 43.1 Å². The third-order valence-corrected chi connectivity index (χ3v) is 6.01. The average molecular weight is 406 g/mol. The van der Waals surface area contributed by atoms with Gasteiger partial charge in [-0.15, -0.1) is 11.8 Å². The van der Waals surface area contributed by atoms with Crippen LogP contribution in [0.3, 0.4) is 0 Å². The molecule has 0 saturated carbocycles. The van der Waals surface area contributed by atoms with E-state index in [2.05, 4.69) is 41.6 Å². The van der Waals surface area contributed by atoms with E-state index in [1.807, 2.05) is 73.3 Å². The highest BCUT2D eigenvalue weighted by Gasteiger charge is 2.18. The lowest BCUT2D eigenvalue weighted by molar-refractivity contribution is 0.250. The van der Waals surface area contributed by atoms with E-state index in [1.54, 1.807) is 6.20 Å². The molecule has 0 radical (unpaired) electrons. The molecule has 0 spiro atoms. The van der Waals surface area contributed by atoms with E-state index < -0.39 is 0 Å². The molecule has 3 rings (SSSR count). The van der Waals surface area contributed by atoms with Crippen LogP contribution >= 0.6 is 11.8 Å². The van der Waals surface area contributed by atoms with E-state index >= 15 is 0 Å². The van der Waals surface area contributed by atoms with E-state index in [0.717, 1.165) is 28.9 Å². The summed E-state index contributed by atoms with van der Waals surface area (Å²) in [7, 11) is 0. The van der Waals surface area contributed by atoms with Gasteiger partial charge < -0.3 is 10.6 Å². The lowest BCUT2D eigenvalue weighted by atomic mass is 10.0. The zero-order chi connectivity index (χ0) is 20.6. The number of amides is 2. The standard InChI is InChI=1S/C24H27N3OS/c1-4-18(3)29-20-13-14-21(17(2)16-20)26-24(28)27-23(19-10-6-5-7-11-19)22-12-8-9-15-25-22/h5-16,18,23H,4H2,1-3H3,(H2,26,27,28). The Bertz CT molecular complexity index is 892. The number of aryl methyl sites for hydroxylation is 1. The molecule has 2 amide bonds. The Morgan fingerprint density at radius 1 is 1.07 bits per heavy atom. The molecule has 2 aromatic carbocycles. The first-order valence-corrected chi connectivity index (χ1v) is 10.8. The third kappa shape index (κ3) is 5.84. The average Bonchev–Trinajstić information content (AvgIpc) is 2.75. The first-order valence-electron chi connectivity index (χ1n) is 9.87. The molecule has 1 heterocycles. The second-order valence-corrected chi connectivity index (χ2v) is 8.52. The van der Waals surface area contributed by atoms with Gasteiger partial charge >= 0.3 is 6.03 Å². The summed E-state index contributed by atoms with van der Waals surface area (Å²) < 4.78 is 0. The largest absolute Gasteiger partial charge is 0.325 e. The summed E-state index contributed by atoms with van der Waals surface area (Å²) in [5.41, 5.74) is 3.63. The van der Waals surface area contributed by atoms with E-state index in [9.17, 15) is 4.79 Å². The van der Waals surface area contributed by atoms with Gasteiger partial charge in [-0.2, -0.15) is 0 Å². The molecule has 0 aliphatic heterocycles. The molecule has 2 unspecified atom stereocenters. The van der Waals surface area contributed by atoms with Crippen LogP contribution < -0.4 is 10.6 Å². The van der Waals surface area contributed by atoms with Gasteiger partial charge in [-0.05, 0) is 54.8 Å². The third-order valence-electron chi connectivity index (χ3n) is 4.75. The Morgan fingerprint density at radius 3 is 2.48 bits per heavy atom. The zero-order valence-electron chi connectivity index (χ0n) is 17.1. The second kappa shape index (κ2) is 10.1.